The average Bonchev–Trinajstić information content (AvgIpc) is 3.14. The van der Waals surface area contributed by atoms with Gasteiger partial charge in [0.25, 0.3) is 0 Å². The molecule has 33 heavy (non-hydrogen) atoms. The van der Waals surface area contributed by atoms with Crippen LogP contribution in [0.3, 0.4) is 0 Å². The molecular formula is C25H30N6OS. The van der Waals surface area contributed by atoms with Crippen LogP contribution in [0, 0.1) is 25.2 Å². The highest BCUT2D eigenvalue weighted by molar-refractivity contribution is 7.99. The predicted octanol–water partition coefficient (Wildman–Crippen LogP) is 4.61. The molecule has 0 spiro atoms. The lowest BCUT2D eigenvalue weighted by Crippen LogP contribution is -2.33. The quantitative estimate of drug-likeness (QED) is 0.406. The van der Waals surface area contributed by atoms with Crippen molar-refractivity contribution in [3.05, 3.63) is 59.2 Å². The van der Waals surface area contributed by atoms with Gasteiger partial charge >= 0.3 is 0 Å². The summed E-state index contributed by atoms with van der Waals surface area (Å²) in [7, 11) is 0. The SMILES string of the molecule is Cc1ccc(N(CCC#N)C(=O)CSc2nnc(-c3ccc(C(C)(C)C)cc3)n2N)cc1C. The van der Waals surface area contributed by atoms with Crippen LogP contribution < -0.4 is 10.7 Å². The number of rotatable bonds is 7. The van der Waals surface area contributed by atoms with Gasteiger partial charge in [0.1, 0.15) is 0 Å². The number of nitrogens with zero attached hydrogens (tertiary/aromatic N) is 5. The van der Waals surface area contributed by atoms with Crippen LogP contribution in [0.4, 0.5) is 5.69 Å². The third-order valence-electron chi connectivity index (χ3n) is 5.55. The second kappa shape index (κ2) is 10.1. The van der Waals surface area contributed by atoms with Gasteiger partial charge in [-0.25, -0.2) is 4.68 Å². The Morgan fingerprint density at radius 1 is 1.12 bits per heavy atom. The summed E-state index contributed by atoms with van der Waals surface area (Å²) in [4.78, 5) is 14.7. The molecule has 0 saturated heterocycles. The number of nitriles is 1. The number of hydrogen-bond donors (Lipinski definition) is 1. The topological polar surface area (TPSA) is 101 Å². The summed E-state index contributed by atoms with van der Waals surface area (Å²) in [5.74, 6) is 6.82. The van der Waals surface area contributed by atoms with Crippen LogP contribution in [0.25, 0.3) is 11.4 Å². The maximum absolute atomic E-state index is 13.0. The first-order valence-electron chi connectivity index (χ1n) is 10.8. The average molecular weight is 463 g/mol. The Morgan fingerprint density at radius 2 is 1.82 bits per heavy atom. The molecule has 1 amide bonds. The van der Waals surface area contributed by atoms with Gasteiger partial charge in [-0.05, 0) is 48.1 Å². The minimum atomic E-state index is -0.113. The summed E-state index contributed by atoms with van der Waals surface area (Å²) in [6.07, 6.45) is 0.255. The molecule has 7 nitrogen and oxygen atoms in total. The lowest BCUT2D eigenvalue weighted by molar-refractivity contribution is -0.116. The Labute approximate surface area is 199 Å². The smallest absolute Gasteiger partial charge is 0.237 e. The van der Waals surface area contributed by atoms with E-state index in [9.17, 15) is 4.79 Å². The van der Waals surface area contributed by atoms with E-state index in [4.69, 9.17) is 11.1 Å². The van der Waals surface area contributed by atoms with E-state index in [1.807, 2.05) is 44.2 Å². The van der Waals surface area contributed by atoms with Gasteiger partial charge in [-0.15, -0.1) is 10.2 Å². The number of aromatic nitrogens is 3. The van der Waals surface area contributed by atoms with Gasteiger partial charge in [-0.1, -0.05) is 62.9 Å². The molecule has 0 aliphatic rings. The molecule has 1 aromatic heterocycles. The molecule has 1 heterocycles. The van der Waals surface area contributed by atoms with Crippen molar-refractivity contribution in [3.8, 4) is 17.5 Å². The van der Waals surface area contributed by atoms with Gasteiger partial charge in [0, 0.05) is 17.8 Å². The molecule has 3 rings (SSSR count). The van der Waals surface area contributed by atoms with Gasteiger partial charge in [-0.3, -0.25) is 4.79 Å². The van der Waals surface area contributed by atoms with E-state index < -0.39 is 0 Å². The number of thioether (sulfide) groups is 1. The summed E-state index contributed by atoms with van der Waals surface area (Å²) >= 11 is 1.23. The van der Waals surface area contributed by atoms with Gasteiger partial charge in [-0.2, -0.15) is 5.26 Å². The lowest BCUT2D eigenvalue weighted by Gasteiger charge is -2.22. The van der Waals surface area contributed by atoms with Crippen LogP contribution in [0.2, 0.25) is 0 Å². The standard InChI is InChI=1S/C25H30N6OS/c1-17-7-12-21(15-18(17)2)30(14-6-13-26)22(32)16-33-24-29-28-23(31(24)27)19-8-10-20(11-9-19)25(3,4)5/h7-12,15H,6,14,16,27H2,1-5H3. The minimum absolute atomic E-state index is 0.0592. The summed E-state index contributed by atoms with van der Waals surface area (Å²) in [6.45, 7) is 10.9. The minimum Gasteiger partial charge on any atom is -0.335 e. The first-order valence-corrected chi connectivity index (χ1v) is 11.8. The Balaban J connectivity index is 1.74. The largest absolute Gasteiger partial charge is 0.335 e. The van der Waals surface area contributed by atoms with Gasteiger partial charge in [0.2, 0.25) is 11.1 Å². The van der Waals surface area contributed by atoms with E-state index in [0.717, 1.165) is 22.4 Å². The van der Waals surface area contributed by atoms with Crippen molar-refractivity contribution in [2.75, 3.05) is 23.0 Å². The van der Waals surface area contributed by atoms with E-state index in [2.05, 4.69) is 49.2 Å². The fourth-order valence-corrected chi connectivity index (χ4v) is 4.08. The summed E-state index contributed by atoms with van der Waals surface area (Å²) in [6, 6.07) is 16.1. The molecule has 0 aliphatic heterocycles. The number of hydrogen-bond acceptors (Lipinski definition) is 6. The van der Waals surface area contributed by atoms with E-state index in [1.54, 1.807) is 4.90 Å². The molecular weight excluding hydrogens is 432 g/mol. The normalized spacial score (nSPS) is 11.3. The molecule has 0 atom stereocenters. The number of aryl methyl sites for hydroxylation is 2. The van der Waals surface area contributed by atoms with Crippen LogP contribution in [0.15, 0.2) is 47.6 Å². The Morgan fingerprint density at radius 3 is 2.42 bits per heavy atom. The van der Waals surface area contributed by atoms with Crippen molar-refractivity contribution in [2.24, 2.45) is 0 Å². The highest BCUT2D eigenvalue weighted by atomic mass is 32.2. The van der Waals surface area contributed by atoms with Gasteiger partial charge in [0.15, 0.2) is 5.82 Å². The van der Waals surface area contributed by atoms with Crippen molar-refractivity contribution in [2.45, 2.75) is 51.6 Å². The molecule has 8 heteroatoms. The third kappa shape index (κ3) is 5.74. The Hall–Kier alpha value is -3.31. The van der Waals surface area contributed by atoms with Crippen LogP contribution in [-0.4, -0.2) is 33.1 Å². The molecule has 0 radical (unpaired) electrons. The zero-order valence-electron chi connectivity index (χ0n) is 19.8. The number of amides is 1. The first kappa shape index (κ1) is 24.3. The van der Waals surface area contributed by atoms with E-state index >= 15 is 0 Å². The molecule has 0 bridgehead atoms. The summed E-state index contributed by atoms with van der Waals surface area (Å²) in [5, 5.41) is 17.9. The van der Waals surface area contributed by atoms with E-state index in [1.165, 1.54) is 22.0 Å². The number of nitrogens with two attached hydrogens (primary N) is 1. The monoisotopic (exact) mass is 462 g/mol. The highest BCUT2D eigenvalue weighted by Gasteiger charge is 2.20. The lowest BCUT2D eigenvalue weighted by atomic mass is 9.87. The predicted molar refractivity (Wildman–Crippen MR) is 134 cm³/mol. The van der Waals surface area contributed by atoms with Crippen LogP contribution in [0.5, 0.6) is 0 Å². The Kier molecular flexibility index (Phi) is 7.44. The Bertz CT molecular complexity index is 1170. The molecule has 2 N–H and O–H groups in total. The van der Waals surface area contributed by atoms with Crippen molar-refractivity contribution >= 4 is 23.4 Å². The zero-order valence-corrected chi connectivity index (χ0v) is 20.6. The third-order valence-corrected chi connectivity index (χ3v) is 6.48. The first-order chi connectivity index (χ1) is 15.6. The number of nitrogen functional groups attached to an aromatic ring is 1. The van der Waals surface area contributed by atoms with Crippen molar-refractivity contribution < 1.29 is 4.79 Å². The fraction of sp³-hybridized carbons (Fsp3) is 0.360. The summed E-state index contributed by atoms with van der Waals surface area (Å²) < 4.78 is 1.42. The molecule has 0 fully saturated rings. The number of carbonyl (C=O) groups is 1. The zero-order chi connectivity index (χ0) is 24.2. The van der Waals surface area contributed by atoms with E-state index in [0.29, 0.717) is 17.5 Å². The fourth-order valence-electron chi connectivity index (χ4n) is 3.35. The van der Waals surface area contributed by atoms with Crippen molar-refractivity contribution in [3.63, 3.8) is 0 Å². The molecule has 0 aliphatic carbocycles. The highest BCUT2D eigenvalue weighted by Crippen LogP contribution is 2.27. The summed E-state index contributed by atoms with van der Waals surface area (Å²) in [5.41, 5.74) is 5.18. The van der Waals surface area contributed by atoms with Crippen LogP contribution >= 0.6 is 11.8 Å². The van der Waals surface area contributed by atoms with Crippen molar-refractivity contribution in [1.29, 1.82) is 5.26 Å². The number of benzene rings is 2. The number of carbonyl (C=O) groups excluding carboxylic acids is 1. The number of anilines is 1. The van der Waals surface area contributed by atoms with Gasteiger partial charge in [0.05, 0.1) is 18.2 Å². The molecule has 0 saturated carbocycles. The van der Waals surface area contributed by atoms with Crippen molar-refractivity contribution in [1.82, 2.24) is 14.9 Å². The molecule has 172 valence electrons. The molecule has 0 unspecified atom stereocenters. The second-order valence-corrected chi connectivity index (χ2v) is 9.96. The van der Waals surface area contributed by atoms with Crippen LogP contribution in [0.1, 0.15) is 43.9 Å². The second-order valence-electron chi connectivity index (χ2n) is 9.01. The van der Waals surface area contributed by atoms with Crippen LogP contribution in [-0.2, 0) is 10.2 Å². The molecule has 2 aromatic carbocycles. The van der Waals surface area contributed by atoms with Gasteiger partial charge < -0.3 is 10.7 Å². The molecule has 3 aromatic rings. The maximum atomic E-state index is 13.0. The van der Waals surface area contributed by atoms with E-state index in [-0.39, 0.29) is 23.5 Å². The maximum Gasteiger partial charge on any atom is 0.237 e.